The summed E-state index contributed by atoms with van der Waals surface area (Å²) in [6.07, 6.45) is 6.43. The van der Waals surface area contributed by atoms with Gasteiger partial charge in [0.2, 0.25) is 0 Å². The van der Waals surface area contributed by atoms with Gasteiger partial charge in [0.25, 0.3) is 0 Å². The zero-order chi connectivity index (χ0) is 13.1. The quantitative estimate of drug-likeness (QED) is 0.893. The Balaban J connectivity index is 2.33. The first-order valence-electron chi connectivity index (χ1n) is 6.28. The highest BCUT2D eigenvalue weighted by Crippen LogP contribution is 2.31. The molecule has 1 aliphatic rings. The van der Waals surface area contributed by atoms with Crippen LogP contribution >= 0.6 is 11.6 Å². The second kappa shape index (κ2) is 5.57. The van der Waals surface area contributed by atoms with E-state index in [2.05, 4.69) is 6.07 Å². The van der Waals surface area contributed by atoms with Gasteiger partial charge in [-0.3, -0.25) is 4.79 Å². The summed E-state index contributed by atoms with van der Waals surface area (Å²) in [5, 5.41) is 9.42. The molecule has 1 aliphatic carbocycles. The monoisotopic (exact) mass is 264 g/mol. The molecule has 0 spiro atoms. The molecule has 0 fully saturated rings. The molecular weight excluding hydrogens is 248 g/mol. The maximum atomic E-state index is 10.6. The van der Waals surface area contributed by atoms with Gasteiger partial charge >= 0.3 is 5.97 Å². The number of carbonyl (C=O) groups is 1. The fraction of sp³-hybridized carbons (Fsp3) is 0.400. The molecule has 0 bridgehead atoms. The number of aryl methyl sites for hydroxylation is 2. The van der Waals surface area contributed by atoms with Crippen LogP contribution in [-0.2, 0) is 17.6 Å². The van der Waals surface area contributed by atoms with Crippen LogP contribution in [0.1, 0.15) is 42.9 Å². The Morgan fingerprint density at radius 2 is 1.94 bits per heavy atom. The van der Waals surface area contributed by atoms with E-state index in [1.807, 2.05) is 13.0 Å². The van der Waals surface area contributed by atoms with Crippen molar-refractivity contribution < 1.29 is 9.90 Å². The number of halogens is 1. The molecule has 0 aliphatic heterocycles. The minimum absolute atomic E-state index is 0.0409. The van der Waals surface area contributed by atoms with E-state index in [1.54, 1.807) is 6.08 Å². The van der Waals surface area contributed by atoms with Crippen molar-refractivity contribution in [1.29, 1.82) is 0 Å². The van der Waals surface area contributed by atoms with Crippen LogP contribution in [0, 0.1) is 0 Å². The number of hydrogen-bond donors (Lipinski definition) is 1. The Hall–Kier alpha value is -1.28. The van der Waals surface area contributed by atoms with Crippen LogP contribution in [-0.4, -0.2) is 11.1 Å². The highest BCUT2D eigenvalue weighted by Gasteiger charge is 2.13. The zero-order valence-electron chi connectivity index (χ0n) is 10.5. The molecule has 0 aromatic heterocycles. The van der Waals surface area contributed by atoms with Crippen molar-refractivity contribution >= 4 is 23.1 Å². The lowest BCUT2D eigenvalue weighted by molar-refractivity contribution is -0.135. The summed E-state index contributed by atoms with van der Waals surface area (Å²) in [5.41, 5.74) is 4.62. The van der Waals surface area contributed by atoms with E-state index < -0.39 is 5.97 Å². The fourth-order valence-corrected chi connectivity index (χ4v) is 2.74. The average Bonchev–Trinajstić information content (AvgIpc) is 2.35. The van der Waals surface area contributed by atoms with E-state index in [-0.39, 0.29) is 6.42 Å². The van der Waals surface area contributed by atoms with Gasteiger partial charge in [0.05, 0.1) is 6.42 Å². The highest BCUT2D eigenvalue weighted by molar-refractivity contribution is 6.32. The number of carboxylic acid groups (broad SMARTS) is 1. The topological polar surface area (TPSA) is 37.3 Å². The van der Waals surface area contributed by atoms with Gasteiger partial charge in [-0.05, 0) is 67.0 Å². The molecule has 0 atom stereocenters. The van der Waals surface area contributed by atoms with Crippen molar-refractivity contribution in [2.45, 2.75) is 39.0 Å². The number of allylic oxidation sites excluding steroid dienone is 1. The summed E-state index contributed by atoms with van der Waals surface area (Å²) >= 11 is 6.28. The molecule has 2 rings (SSSR count). The lowest BCUT2D eigenvalue weighted by Crippen LogP contribution is -2.03. The molecule has 1 N–H and O–H groups in total. The van der Waals surface area contributed by atoms with Gasteiger partial charge in [0.15, 0.2) is 0 Å². The number of aliphatic carboxylic acids is 1. The molecule has 18 heavy (non-hydrogen) atoms. The molecule has 0 heterocycles. The predicted octanol–water partition coefficient (Wildman–Crippen LogP) is 4.10. The van der Waals surface area contributed by atoms with Crippen molar-refractivity contribution in [3.8, 4) is 0 Å². The molecule has 96 valence electrons. The molecular formula is C15H17ClO2. The summed E-state index contributed by atoms with van der Waals surface area (Å²) in [7, 11) is 0. The molecule has 3 heteroatoms. The number of fused-ring (bicyclic) bond motifs is 1. The molecule has 0 radical (unpaired) electrons. The van der Waals surface area contributed by atoms with Gasteiger partial charge in [0, 0.05) is 5.02 Å². The van der Waals surface area contributed by atoms with Crippen LogP contribution in [0.5, 0.6) is 0 Å². The number of rotatable bonds is 3. The fourth-order valence-electron chi connectivity index (χ4n) is 2.41. The van der Waals surface area contributed by atoms with Gasteiger partial charge in [-0.2, -0.15) is 0 Å². The average molecular weight is 265 g/mol. The van der Waals surface area contributed by atoms with E-state index >= 15 is 0 Å². The Morgan fingerprint density at radius 1 is 1.33 bits per heavy atom. The Bertz CT molecular complexity index is 503. The lowest BCUT2D eigenvalue weighted by atomic mass is 9.89. The van der Waals surface area contributed by atoms with E-state index in [1.165, 1.54) is 24.0 Å². The van der Waals surface area contributed by atoms with Gasteiger partial charge in [-0.1, -0.05) is 17.7 Å². The number of benzene rings is 1. The van der Waals surface area contributed by atoms with Crippen LogP contribution in [0.2, 0.25) is 5.02 Å². The van der Waals surface area contributed by atoms with Gasteiger partial charge in [0.1, 0.15) is 0 Å². The summed E-state index contributed by atoms with van der Waals surface area (Å²) in [4.78, 5) is 10.6. The molecule has 0 saturated carbocycles. The first kappa shape index (κ1) is 13.2. The molecule has 1 aromatic carbocycles. The zero-order valence-corrected chi connectivity index (χ0v) is 11.3. The minimum Gasteiger partial charge on any atom is -0.481 e. The van der Waals surface area contributed by atoms with Crippen LogP contribution in [0.3, 0.4) is 0 Å². The molecule has 0 amide bonds. The second-order valence-corrected chi connectivity index (χ2v) is 5.20. The van der Waals surface area contributed by atoms with Crippen molar-refractivity contribution in [1.82, 2.24) is 0 Å². The van der Waals surface area contributed by atoms with Crippen molar-refractivity contribution in [2.75, 3.05) is 0 Å². The summed E-state index contributed by atoms with van der Waals surface area (Å²) in [6.45, 7) is 1.92. The summed E-state index contributed by atoms with van der Waals surface area (Å²) in [6, 6.07) is 4.17. The van der Waals surface area contributed by atoms with Crippen LogP contribution < -0.4 is 0 Å². The molecule has 0 unspecified atom stereocenters. The van der Waals surface area contributed by atoms with Crippen molar-refractivity contribution in [3.63, 3.8) is 0 Å². The first-order valence-corrected chi connectivity index (χ1v) is 6.66. The normalized spacial score (nSPS) is 15.3. The van der Waals surface area contributed by atoms with E-state index in [9.17, 15) is 4.79 Å². The lowest BCUT2D eigenvalue weighted by Gasteiger charge is -2.18. The third kappa shape index (κ3) is 2.94. The predicted molar refractivity (Wildman–Crippen MR) is 74.0 cm³/mol. The molecule has 2 nitrogen and oxygen atoms in total. The van der Waals surface area contributed by atoms with Crippen LogP contribution in [0.4, 0.5) is 0 Å². The Labute approximate surface area is 112 Å². The third-order valence-electron chi connectivity index (χ3n) is 3.44. The minimum atomic E-state index is -0.816. The molecule has 1 aromatic rings. The summed E-state index contributed by atoms with van der Waals surface area (Å²) < 4.78 is 0. The van der Waals surface area contributed by atoms with Crippen LogP contribution in [0.15, 0.2) is 18.2 Å². The Morgan fingerprint density at radius 3 is 2.56 bits per heavy atom. The van der Waals surface area contributed by atoms with Crippen molar-refractivity contribution in [3.05, 3.63) is 39.9 Å². The number of hydrogen-bond acceptors (Lipinski definition) is 1. The van der Waals surface area contributed by atoms with E-state index in [0.717, 1.165) is 29.0 Å². The van der Waals surface area contributed by atoms with E-state index in [4.69, 9.17) is 16.7 Å². The first-order chi connectivity index (χ1) is 8.58. The summed E-state index contributed by atoms with van der Waals surface area (Å²) in [5.74, 6) is -0.816. The smallest absolute Gasteiger partial charge is 0.307 e. The molecule has 0 saturated heterocycles. The van der Waals surface area contributed by atoms with E-state index in [0.29, 0.717) is 0 Å². The number of carboxylic acids is 1. The maximum Gasteiger partial charge on any atom is 0.307 e. The van der Waals surface area contributed by atoms with Crippen LogP contribution in [0.25, 0.3) is 5.57 Å². The van der Waals surface area contributed by atoms with Gasteiger partial charge < -0.3 is 5.11 Å². The van der Waals surface area contributed by atoms with Crippen molar-refractivity contribution in [2.24, 2.45) is 0 Å². The van der Waals surface area contributed by atoms with Gasteiger partial charge in [-0.25, -0.2) is 0 Å². The Kier molecular flexibility index (Phi) is 4.07. The maximum absolute atomic E-state index is 10.6. The third-order valence-corrected chi connectivity index (χ3v) is 3.75. The highest BCUT2D eigenvalue weighted by atomic mass is 35.5. The SMILES string of the molecule is C/C(=C\CC(=O)O)c1cc2c(cc1Cl)CCCC2. The van der Waals surface area contributed by atoms with Gasteiger partial charge in [-0.15, -0.1) is 0 Å². The standard InChI is InChI=1S/C15H17ClO2/c1-10(6-7-15(17)18)13-8-11-4-2-3-5-12(11)9-14(13)16/h6,8-9H,2-5,7H2,1H3,(H,17,18)/b10-6+. The largest absolute Gasteiger partial charge is 0.481 e. The second-order valence-electron chi connectivity index (χ2n) is 4.79.